The van der Waals surface area contributed by atoms with E-state index in [4.69, 9.17) is 4.52 Å². The van der Waals surface area contributed by atoms with Gasteiger partial charge >= 0.3 is 5.97 Å². The van der Waals surface area contributed by atoms with Crippen LogP contribution in [-0.4, -0.2) is 44.0 Å². The SMILES string of the molecule is Cc1cc(CN2CCC(C(=O)O)(n3ccc(C(C)(C)C)n3)CC2)on1. The molecule has 3 heterocycles. The zero-order valence-corrected chi connectivity index (χ0v) is 15.3. The highest BCUT2D eigenvalue weighted by Crippen LogP contribution is 2.32. The third-order valence-electron chi connectivity index (χ3n) is 4.93. The van der Waals surface area contributed by atoms with Crippen LogP contribution in [0.25, 0.3) is 0 Å². The molecule has 0 amide bonds. The van der Waals surface area contributed by atoms with E-state index in [1.165, 1.54) is 0 Å². The summed E-state index contributed by atoms with van der Waals surface area (Å²) in [6.45, 7) is 10.1. The number of aromatic nitrogens is 3. The van der Waals surface area contributed by atoms with Gasteiger partial charge in [0.2, 0.25) is 0 Å². The highest BCUT2D eigenvalue weighted by atomic mass is 16.5. The zero-order valence-electron chi connectivity index (χ0n) is 15.3. The lowest BCUT2D eigenvalue weighted by Gasteiger charge is -2.38. The van der Waals surface area contributed by atoms with Crippen molar-refractivity contribution in [3.63, 3.8) is 0 Å². The summed E-state index contributed by atoms with van der Waals surface area (Å²) in [7, 11) is 0. The topological polar surface area (TPSA) is 84.4 Å². The quantitative estimate of drug-likeness (QED) is 0.916. The van der Waals surface area contributed by atoms with Crippen molar-refractivity contribution < 1.29 is 14.4 Å². The molecule has 25 heavy (non-hydrogen) atoms. The highest BCUT2D eigenvalue weighted by Gasteiger charge is 2.44. The first kappa shape index (κ1) is 17.7. The van der Waals surface area contributed by atoms with Crippen molar-refractivity contribution in [1.29, 1.82) is 0 Å². The molecule has 2 aromatic rings. The predicted molar refractivity (Wildman–Crippen MR) is 92.3 cm³/mol. The van der Waals surface area contributed by atoms with Crippen molar-refractivity contribution in [2.24, 2.45) is 0 Å². The minimum atomic E-state index is -0.975. The van der Waals surface area contributed by atoms with Gasteiger partial charge in [0.1, 0.15) is 0 Å². The van der Waals surface area contributed by atoms with Crippen LogP contribution >= 0.6 is 0 Å². The van der Waals surface area contributed by atoms with Crippen molar-refractivity contribution >= 4 is 5.97 Å². The normalized spacial score (nSPS) is 18.4. The summed E-state index contributed by atoms with van der Waals surface area (Å²) in [6, 6.07) is 3.84. The number of carbonyl (C=O) groups is 1. The number of carboxylic acids is 1. The van der Waals surface area contributed by atoms with E-state index < -0.39 is 11.5 Å². The van der Waals surface area contributed by atoms with Crippen LogP contribution in [0.3, 0.4) is 0 Å². The monoisotopic (exact) mass is 346 g/mol. The second kappa shape index (κ2) is 6.29. The molecule has 0 aromatic carbocycles. The van der Waals surface area contributed by atoms with Gasteiger partial charge in [0, 0.05) is 30.8 Å². The van der Waals surface area contributed by atoms with E-state index in [1.807, 2.05) is 25.3 Å². The zero-order chi connectivity index (χ0) is 18.2. The number of aryl methyl sites for hydroxylation is 1. The van der Waals surface area contributed by atoms with Crippen molar-refractivity contribution in [2.75, 3.05) is 13.1 Å². The molecule has 0 saturated carbocycles. The first-order chi connectivity index (χ1) is 11.7. The molecular formula is C18H26N4O3. The van der Waals surface area contributed by atoms with Gasteiger partial charge in [-0.3, -0.25) is 9.58 Å². The van der Waals surface area contributed by atoms with E-state index in [0.29, 0.717) is 32.5 Å². The summed E-state index contributed by atoms with van der Waals surface area (Å²) in [4.78, 5) is 14.3. The molecule has 2 aromatic heterocycles. The van der Waals surface area contributed by atoms with Gasteiger partial charge in [-0.1, -0.05) is 25.9 Å². The Labute approximate surface area is 147 Å². The number of rotatable bonds is 4. The molecule has 0 unspecified atom stereocenters. The number of aliphatic carboxylic acids is 1. The Balaban J connectivity index is 1.75. The summed E-state index contributed by atoms with van der Waals surface area (Å²) in [6.07, 6.45) is 2.84. The average Bonchev–Trinajstić information content (AvgIpc) is 3.17. The molecule has 0 atom stereocenters. The molecule has 1 fully saturated rings. The Bertz CT molecular complexity index is 748. The fraction of sp³-hybridized carbons (Fsp3) is 0.611. The van der Waals surface area contributed by atoms with Gasteiger partial charge < -0.3 is 9.63 Å². The summed E-state index contributed by atoms with van der Waals surface area (Å²) in [5.41, 5.74) is 0.693. The third kappa shape index (κ3) is 3.46. The lowest BCUT2D eigenvalue weighted by molar-refractivity contribution is -0.151. The molecule has 0 aliphatic carbocycles. The maximum Gasteiger partial charge on any atom is 0.331 e. The molecule has 1 aliphatic rings. The fourth-order valence-electron chi connectivity index (χ4n) is 3.30. The van der Waals surface area contributed by atoms with E-state index in [9.17, 15) is 9.90 Å². The maximum absolute atomic E-state index is 12.1. The second-order valence-corrected chi connectivity index (χ2v) is 7.94. The van der Waals surface area contributed by atoms with Gasteiger partial charge in [0.25, 0.3) is 0 Å². The Morgan fingerprint density at radius 3 is 2.52 bits per heavy atom. The Morgan fingerprint density at radius 1 is 1.36 bits per heavy atom. The van der Waals surface area contributed by atoms with Gasteiger partial charge in [-0.2, -0.15) is 5.10 Å². The van der Waals surface area contributed by atoms with Crippen LogP contribution in [0.4, 0.5) is 0 Å². The second-order valence-electron chi connectivity index (χ2n) is 7.94. The summed E-state index contributed by atoms with van der Waals surface area (Å²) in [5, 5.41) is 18.4. The minimum absolute atomic E-state index is 0.101. The third-order valence-corrected chi connectivity index (χ3v) is 4.93. The van der Waals surface area contributed by atoms with Crippen LogP contribution in [0.5, 0.6) is 0 Å². The summed E-state index contributed by atoms with van der Waals surface area (Å²) < 4.78 is 6.92. The molecule has 0 bridgehead atoms. The Kier molecular flexibility index (Phi) is 4.45. The smallest absolute Gasteiger partial charge is 0.331 e. The molecule has 1 saturated heterocycles. The van der Waals surface area contributed by atoms with E-state index >= 15 is 0 Å². The molecular weight excluding hydrogens is 320 g/mol. The molecule has 0 spiro atoms. The number of carboxylic acid groups (broad SMARTS) is 1. The van der Waals surface area contributed by atoms with Gasteiger partial charge in [-0.15, -0.1) is 0 Å². The highest BCUT2D eigenvalue weighted by molar-refractivity contribution is 5.76. The molecule has 1 N–H and O–H groups in total. The van der Waals surface area contributed by atoms with Gasteiger partial charge in [0.05, 0.1) is 17.9 Å². The van der Waals surface area contributed by atoms with Gasteiger partial charge in [-0.25, -0.2) is 4.79 Å². The van der Waals surface area contributed by atoms with Crippen molar-refractivity contribution in [3.8, 4) is 0 Å². The first-order valence-corrected chi connectivity index (χ1v) is 8.65. The van der Waals surface area contributed by atoms with Crippen LogP contribution in [0.2, 0.25) is 0 Å². The molecule has 136 valence electrons. The summed E-state index contributed by atoms with van der Waals surface area (Å²) in [5.74, 6) is 0.000604. The maximum atomic E-state index is 12.1. The standard InChI is InChI=1S/C18H26N4O3/c1-13-11-14(25-20-13)12-21-9-6-18(7-10-21,16(23)24)22-8-5-15(19-22)17(2,3)4/h5,8,11H,6-7,9-10,12H2,1-4H3,(H,23,24). The fourth-order valence-corrected chi connectivity index (χ4v) is 3.30. The van der Waals surface area contributed by atoms with Crippen molar-refractivity contribution in [2.45, 2.75) is 58.0 Å². The average molecular weight is 346 g/mol. The predicted octanol–water partition coefficient (Wildman–Crippen LogP) is 2.55. The number of hydrogen-bond donors (Lipinski definition) is 1. The Morgan fingerprint density at radius 2 is 2.04 bits per heavy atom. The number of piperidine rings is 1. The number of hydrogen-bond acceptors (Lipinski definition) is 5. The van der Waals surface area contributed by atoms with E-state index in [1.54, 1.807) is 4.68 Å². The largest absolute Gasteiger partial charge is 0.479 e. The van der Waals surface area contributed by atoms with Gasteiger partial charge in [-0.05, 0) is 25.8 Å². The number of nitrogens with zero attached hydrogens (tertiary/aromatic N) is 4. The van der Waals surface area contributed by atoms with Crippen molar-refractivity contribution in [1.82, 2.24) is 19.8 Å². The van der Waals surface area contributed by atoms with Crippen LogP contribution in [0.1, 0.15) is 50.8 Å². The van der Waals surface area contributed by atoms with E-state index in [0.717, 1.165) is 17.1 Å². The first-order valence-electron chi connectivity index (χ1n) is 8.65. The molecule has 3 rings (SSSR count). The summed E-state index contributed by atoms with van der Waals surface area (Å²) >= 11 is 0. The lowest BCUT2D eigenvalue weighted by Crippen LogP contribution is -2.51. The van der Waals surface area contributed by atoms with E-state index in [2.05, 4.69) is 35.9 Å². The van der Waals surface area contributed by atoms with Crippen LogP contribution in [0.15, 0.2) is 22.9 Å². The van der Waals surface area contributed by atoms with E-state index in [-0.39, 0.29) is 5.41 Å². The lowest BCUT2D eigenvalue weighted by atomic mass is 9.87. The van der Waals surface area contributed by atoms with Crippen molar-refractivity contribution in [3.05, 3.63) is 35.5 Å². The molecule has 1 aliphatic heterocycles. The number of likely N-dealkylation sites (tertiary alicyclic amines) is 1. The Hall–Kier alpha value is -2.15. The van der Waals surface area contributed by atoms with Crippen LogP contribution < -0.4 is 0 Å². The molecule has 0 radical (unpaired) electrons. The van der Waals surface area contributed by atoms with Crippen LogP contribution in [-0.2, 0) is 22.3 Å². The molecule has 7 nitrogen and oxygen atoms in total. The van der Waals surface area contributed by atoms with Crippen LogP contribution in [0, 0.1) is 6.92 Å². The molecule has 7 heteroatoms. The van der Waals surface area contributed by atoms with Gasteiger partial charge in [0.15, 0.2) is 11.3 Å². The minimum Gasteiger partial charge on any atom is -0.479 e.